The van der Waals surface area contributed by atoms with Gasteiger partial charge in [0.25, 0.3) is 0 Å². The second kappa shape index (κ2) is 7.38. The SMILES string of the molecule is O=C(O)c1cc2c(cc1C(=O)O)C1(c3ccccc3-c3ccccc31)c1cc(C(=O)O)c(C(=O)O)cc1-2. The van der Waals surface area contributed by atoms with Crippen LogP contribution in [0.4, 0.5) is 0 Å². The number of aromatic carboxylic acids is 4. The van der Waals surface area contributed by atoms with E-state index in [0.29, 0.717) is 22.3 Å². The molecule has 0 fully saturated rings. The summed E-state index contributed by atoms with van der Waals surface area (Å²) in [6.45, 7) is 0. The average molecular weight is 492 g/mol. The van der Waals surface area contributed by atoms with Crippen molar-refractivity contribution in [2.75, 3.05) is 0 Å². The highest BCUT2D eigenvalue weighted by atomic mass is 16.4. The molecule has 2 aliphatic rings. The van der Waals surface area contributed by atoms with E-state index in [4.69, 9.17) is 0 Å². The minimum absolute atomic E-state index is 0.336. The predicted octanol–water partition coefficient (Wildman–Crippen LogP) is 4.82. The van der Waals surface area contributed by atoms with Gasteiger partial charge in [0, 0.05) is 0 Å². The van der Waals surface area contributed by atoms with Gasteiger partial charge in [-0.1, -0.05) is 48.5 Å². The van der Waals surface area contributed by atoms with E-state index in [1.54, 1.807) is 0 Å². The van der Waals surface area contributed by atoms with E-state index in [1.807, 2.05) is 48.5 Å². The third-order valence-corrected chi connectivity index (χ3v) is 7.29. The fraction of sp³-hybridized carbons (Fsp3) is 0.0345. The molecule has 8 heteroatoms. The molecule has 180 valence electrons. The number of fused-ring (bicyclic) bond motifs is 10. The van der Waals surface area contributed by atoms with Crippen LogP contribution in [0.1, 0.15) is 63.7 Å². The molecule has 4 N–H and O–H groups in total. The van der Waals surface area contributed by atoms with Crippen molar-refractivity contribution < 1.29 is 39.6 Å². The summed E-state index contributed by atoms with van der Waals surface area (Å²) in [5, 5.41) is 39.4. The van der Waals surface area contributed by atoms with Gasteiger partial charge in [-0.15, -0.1) is 0 Å². The summed E-state index contributed by atoms with van der Waals surface area (Å²) >= 11 is 0. The molecule has 0 radical (unpaired) electrons. The molecule has 37 heavy (non-hydrogen) atoms. The van der Waals surface area contributed by atoms with Gasteiger partial charge < -0.3 is 20.4 Å². The Morgan fingerprint density at radius 2 is 0.757 bits per heavy atom. The van der Waals surface area contributed by atoms with Gasteiger partial charge in [-0.05, 0) is 68.8 Å². The molecular formula is C29H16O8. The van der Waals surface area contributed by atoms with Gasteiger partial charge in [0.2, 0.25) is 0 Å². The molecule has 0 amide bonds. The maximum Gasteiger partial charge on any atom is 0.336 e. The molecule has 4 aromatic carbocycles. The first-order valence-electron chi connectivity index (χ1n) is 11.2. The van der Waals surface area contributed by atoms with Crippen molar-refractivity contribution in [3.8, 4) is 22.3 Å². The van der Waals surface area contributed by atoms with Gasteiger partial charge in [-0.25, -0.2) is 19.2 Å². The summed E-state index contributed by atoms with van der Waals surface area (Å²) in [7, 11) is 0. The number of hydrogen-bond acceptors (Lipinski definition) is 4. The molecule has 0 heterocycles. The number of carbonyl (C=O) groups is 4. The second-order valence-electron chi connectivity index (χ2n) is 8.95. The lowest BCUT2D eigenvalue weighted by Crippen LogP contribution is -2.27. The van der Waals surface area contributed by atoms with E-state index in [2.05, 4.69) is 0 Å². The second-order valence-corrected chi connectivity index (χ2v) is 8.95. The summed E-state index contributed by atoms with van der Waals surface area (Å²) in [6.07, 6.45) is 0. The van der Waals surface area contributed by atoms with Crippen molar-refractivity contribution in [1.29, 1.82) is 0 Å². The Morgan fingerprint density at radius 3 is 1.11 bits per heavy atom. The minimum Gasteiger partial charge on any atom is -0.478 e. The van der Waals surface area contributed by atoms with Crippen LogP contribution in [-0.2, 0) is 5.41 Å². The molecule has 8 nitrogen and oxygen atoms in total. The van der Waals surface area contributed by atoms with Gasteiger partial charge >= 0.3 is 23.9 Å². The number of hydrogen-bond donors (Lipinski definition) is 4. The van der Waals surface area contributed by atoms with Crippen molar-refractivity contribution in [2.24, 2.45) is 0 Å². The van der Waals surface area contributed by atoms with Gasteiger partial charge in [0.15, 0.2) is 0 Å². The lowest BCUT2D eigenvalue weighted by atomic mass is 9.70. The highest BCUT2D eigenvalue weighted by molar-refractivity contribution is 6.08. The number of carboxylic acid groups (broad SMARTS) is 4. The summed E-state index contributed by atoms with van der Waals surface area (Å²) in [5.74, 6) is -5.75. The topological polar surface area (TPSA) is 149 Å². The summed E-state index contributed by atoms with van der Waals surface area (Å²) in [4.78, 5) is 48.4. The zero-order valence-electron chi connectivity index (χ0n) is 18.9. The Morgan fingerprint density at radius 1 is 0.432 bits per heavy atom. The monoisotopic (exact) mass is 492 g/mol. The Kier molecular flexibility index (Phi) is 4.44. The standard InChI is InChI=1S/C29H16O8/c30-25(31)17-9-15-16-10-18(26(32)33)20(28(36)37)12-24(16)29(23(15)11-19(17)27(34)35)21-7-3-1-5-13(21)14-6-2-4-8-22(14)29/h1-12H,(H,30,31)(H,32,33)(H,34,35)(H,36,37). The molecule has 1 spiro atoms. The van der Waals surface area contributed by atoms with Crippen LogP contribution in [0.5, 0.6) is 0 Å². The zero-order valence-corrected chi connectivity index (χ0v) is 18.9. The Bertz CT molecular complexity index is 1620. The zero-order chi connectivity index (χ0) is 26.2. The normalized spacial score (nSPS) is 13.4. The predicted molar refractivity (Wildman–Crippen MR) is 131 cm³/mol. The molecule has 6 rings (SSSR count). The van der Waals surface area contributed by atoms with E-state index in [1.165, 1.54) is 24.3 Å². The molecule has 0 aliphatic heterocycles. The fourth-order valence-electron chi connectivity index (χ4n) is 5.93. The summed E-state index contributed by atoms with van der Waals surface area (Å²) < 4.78 is 0. The van der Waals surface area contributed by atoms with Crippen LogP contribution < -0.4 is 0 Å². The third-order valence-electron chi connectivity index (χ3n) is 7.29. The molecule has 0 aromatic heterocycles. The smallest absolute Gasteiger partial charge is 0.336 e. The quantitative estimate of drug-likeness (QED) is 0.274. The first-order valence-corrected chi connectivity index (χ1v) is 11.2. The summed E-state index contributed by atoms with van der Waals surface area (Å²) in [6, 6.07) is 20.0. The van der Waals surface area contributed by atoms with Crippen LogP contribution in [0.15, 0.2) is 72.8 Å². The van der Waals surface area contributed by atoms with Crippen molar-refractivity contribution in [3.63, 3.8) is 0 Å². The molecule has 4 aromatic rings. The number of benzene rings is 4. The minimum atomic E-state index is -1.45. The van der Waals surface area contributed by atoms with Crippen LogP contribution in [0, 0.1) is 0 Å². The first-order chi connectivity index (χ1) is 17.7. The molecule has 0 atom stereocenters. The summed E-state index contributed by atoms with van der Waals surface area (Å²) in [5.41, 5.74) is 1.88. The van der Waals surface area contributed by atoms with Crippen LogP contribution in [0.3, 0.4) is 0 Å². The molecule has 2 aliphatic carbocycles. The van der Waals surface area contributed by atoms with E-state index in [0.717, 1.165) is 22.3 Å². The van der Waals surface area contributed by atoms with E-state index >= 15 is 0 Å². The van der Waals surface area contributed by atoms with E-state index in [-0.39, 0.29) is 0 Å². The van der Waals surface area contributed by atoms with Gasteiger partial charge in [0.1, 0.15) is 0 Å². The van der Waals surface area contributed by atoms with E-state index < -0.39 is 51.5 Å². The van der Waals surface area contributed by atoms with Crippen LogP contribution in [0.2, 0.25) is 0 Å². The number of rotatable bonds is 4. The molecule has 0 saturated carbocycles. The molecule has 0 unspecified atom stereocenters. The lowest BCUT2D eigenvalue weighted by molar-refractivity contribution is 0.0651. The maximum absolute atomic E-state index is 12.2. The first kappa shape index (κ1) is 22.2. The highest BCUT2D eigenvalue weighted by Crippen LogP contribution is 2.63. The van der Waals surface area contributed by atoms with Crippen LogP contribution >= 0.6 is 0 Å². The van der Waals surface area contributed by atoms with Crippen molar-refractivity contribution in [1.82, 2.24) is 0 Å². The number of carboxylic acids is 4. The Hall–Kier alpha value is -5.24. The Balaban J connectivity index is 1.87. The molecule has 0 bridgehead atoms. The molecular weight excluding hydrogens is 476 g/mol. The van der Waals surface area contributed by atoms with E-state index in [9.17, 15) is 39.6 Å². The third kappa shape index (κ3) is 2.72. The van der Waals surface area contributed by atoms with Crippen molar-refractivity contribution >= 4 is 23.9 Å². The van der Waals surface area contributed by atoms with Crippen molar-refractivity contribution in [3.05, 3.63) is 117 Å². The Labute approximate surface area is 208 Å². The van der Waals surface area contributed by atoms with Crippen molar-refractivity contribution in [2.45, 2.75) is 5.41 Å². The largest absolute Gasteiger partial charge is 0.478 e. The van der Waals surface area contributed by atoms with Gasteiger partial charge in [-0.3, -0.25) is 0 Å². The van der Waals surface area contributed by atoms with Crippen LogP contribution in [0.25, 0.3) is 22.3 Å². The lowest BCUT2D eigenvalue weighted by Gasteiger charge is -2.31. The fourth-order valence-corrected chi connectivity index (χ4v) is 5.93. The van der Waals surface area contributed by atoms with Crippen LogP contribution in [-0.4, -0.2) is 44.3 Å². The maximum atomic E-state index is 12.2. The van der Waals surface area contributed by atoms with Gasteiger partial charge in [0.05, 0.1) is 27.7 Å². The highest BCUT2D eigenvalue weighted by Gasteiger charge is 2.52. The molecule has 0 saturated heterocycles. The van der Waals surface area contributed by atoms with Gasteiger partial charge in [-0.2, -0.15) is 0 Å². The average Bonchev–Trinajstić information content (AvgIpc) is 3.33.